The van der Waals surface area contributed by atoms with Gasteiger partial charge in [-0.25, -0.2) is 9.67 Å². The number of carbonyl (C=O) groups excluding carboxylic acids is 1. The number of benzene rings is 3. The first-order valence-corrected chi connectivity index (χ1v) is 12.5. The van der Waals surface area contributed by atoms with E-state index in [1.165, 1.54) is 10.2 Å². The summed E-state index contributed by atoms with van der Waals surface area (Å²) in [7, 11) is 1.57. The van der Waals surface area contributed by atoms with Crippen molar-refractivity contribution in [3.8, 4) is 22.4 Å². The Morgan fingerprint density at radius 2 is 1.50 bits per heavy atom. The second-order valence-electron chi connectivity index (χ2n) is 8.34. The van der Waals surface area contributed by atoms with E-state index in [1.54, 1.807) is 18.4 Å². The molecular formula is C29H24N4O2S. The minimum Gasteiger partial charge on any atom is -0.346 e. The Labute approximate surface area is 212 Å². The Morgan fingerprint density at radius 1 is 0.889 bits per heavy atom. The van der Waals surface area contributed by atoms with Crippen LogP contribution >= 0.6 is 11.3 Å². The Bertz CT molecular complexity index is 1550. The smallest absolute Gasteiger partial charge is 0.280 e. The van der Waals surface area contributed by atoms with Gasteiger partial charge in [-0.05, 0) is 11.1 Å². The summed E-state index contributed by atoms with van der Waals surface area (Å²) in [5, 5.41) is 10.4. The molecule has 0 fully saturated rings. The molecule has 178 valence electrons. The highest BCUT2D eigenvalue weighted by Gasteiger charge is 2.24. The van der Waals surface area contributed by atoms with Gasteiger partial charge in [0, 0.05) is 30.0 Å². The number of amides is 1. The molecule has 5 aromatic rings. The Morgan fingerprint density at radius 3 is 2.17 bits per heavy atom. The molecule has 2 heterocycles. The minimum atomic E-state index is -0.452. The lowest BCUT2D eigenvalue weighted by Crippen LogP contribution is -2.34. The quantitative estimate of drug-likeness (QED) is 0.343. The summed E-state index contributed by atoms with van der Waals surface area (Å²) >= 11 is 1.56. The topological polar surface area (TPSA) is 76.9 Å². The van der Waals surface area contributed by atoms with Crippen molar-refractivity contribution < 1.29 is 4.79 Å². The fourth-order valence-electron chi connectivity index (χ4n) is 4.07. The van der Waals surface area contributed by atoms with Crippen LogP contribution in [-0.4, -0.2) is 20.7 Å². The van der Waals surface area contributed by atoms with Gasteiger partial charge in [-0.2, -0.15) is 5.10 Å². The van der Waals surface area contributed by atoms with Gasteiger partial charge in [0.2, 0.25) is 0 Å². The van der Waals surface area contributed by atoms with Crippen molar-refractivity contribution in [2.75, 3.05) is 0 Å². The monoisotopic (exact) mass is 492 g/mol. The highest BCUT2D eigenvalue weighted by Crippen LogP contribution is 2.31. The van der Waals surface area contributed by atoms with Gasteiger partial charge in [0.05, 0.1) is 22.9 Å². The number of thiazole rings is 1. The van der Waals surface area contributed by atoms with E-state index in [1.807, 2.05) is 84.2 Å². The van der Waals surface area contributed by atoms with Crippen LogP contribution in [0.1, 0.15) is 26.6 Å². The third kappa shape index (κ3) is 5.01. The van der Waals surface area contributed by atoms with Crippen molar-refractivity contribution in [3.05, 3.63) is 129 Å². The summed E-state index contributed by atoms with van der Waals surface area (Å²) in [5.41, 5.74) is 4.24. The average molecular weight is 493 g/mol. The molecule has 1 amide bonds. The van der Waals surface area contributed by atoms with Gasteiger partial charge in [-0.3, -0.25) is 9.59 Å². The van der Waals surface area contributed by atoms with E-state index in [9.17, 15) is 9.59 Å². The van der Waals surface area contributed by atoms with Gasteiger partial charge in [-0.1, -0.05) is 91.0 Å². The van der Waals surface area contributed by atoms with Crippen LogP contribution in [0.25, 0.3) is 22.4 Å². The van der Waals surface area contributed by atoms with Gasteiger partial charge in [0.1, 0.15) is 5.56 Å². The lowest BCUT2D eigenvalue weighted by atomic mass is 9.95. The van der Waals surface area contributed by atoms with Crippen LogP contribution in [0.15, 0.2) is 101 Å². The normalized spacial score (nSPS) is 10.8. The van der Waals surface area contributed by atoms with E-state index in [0.29, 0.717) is 11.3 Å². The standard InChI is InChI=1S/C29H24N4O2S/c1-33-29(35)26(25(21-13-7-3-8-14-21)27(32-33)22-15-9-4-10-16-22)28(34)30-18-23-19-36-24(31-23)17-20-11-5-2-6-12-20/h2-16,19H,17-18H2,1H3,(H,30,34). The zero-order chi connectivity index (χ0) is 24.9. The van der Waals surface area contributed by atoms with Crippen LogP contribution in [0, 0.1) is 0 Å². The molecule has 36 heavy (non-hydrogen) atoms. The predicted octanol–water partition coefficient (Wildman–Crippen LogP) is 5.09. The largest absolute Gasteiger partial charge is 0.346 e. The molecule has 0 aliphatic rings. The van der Waals surface area contributed by atoms with E-state index in [4.69, 9.17) is 0 Å². The number of hydrogen-bond donors (Lipinski definition) is 1. The molecule has 0 atom stereocenters. The van der Waals surface area contributed by atoms with Gasteiger partial charge >= 0.3 is 0 Å². The summed E-state index contributed by atoms with van der Waals surface area (Å²) in [6.07, 6.45) is 0.739. The summed E-state index contributed by atoms with van der Waals surface area (Å²) in [6, 6.07) is 29.1. The third-order valence-corrected chi connectivity index (χ3v) is 6.71. The summed E-state index contributed by atoms with van der Waals surface area (Å²) in [6.45, 7) is 0.227. The van der Waals surface area contributed by atoms with Gasteiger partial charge in [-0.15, -0.1) is 11.3 Å². The minimum absolute atomic E-state index is 0.0669. The van der Waals surface area contributed by atoms with E-state index >= 15 is 0 Å². The molecule has 0 aliphatic carbocycles. The molecule has 0 bridgehead atoms. The SMILES string of the molecule is Cn1nc(-c2ccccc2)c(-c2ccccc2)c(C(=O)NCc2csc(Cc3ccccc3)n2)c1=O. The molecule has 5 rings (SSSR count). The fraction of sp³-hybridized carbons (Fsp3) is 0.103. The van der Waals surface area contributed by atoms with Crippen LogP contribution in [0.3, 0.4) is 0 Å². The van der Waals surface area contributed by atoms with Crippen LogP contribution in [-0.2, 0) is 20.0 Å². The first kappa shape index (κ1) is 23.4. The molecule has 0 radical (unpaired) electrons. The first-order valence-electron chi connectivity index (χ1n) is 11.6. The molecular weight excluding hydrogens is 468 g/mol. The Balaban J connectivity index is 1.47. The predicted molar refractivity (Wildman–Crippen MR) is 143 cm³/mol. The maximum absolute atomic E-state index is 13.5. The fourth-order valence-corrected chi connectivity index (χ4v) is 4.90. The summed E-state index contributed by atoms with van der Waals surface area (Å²) in [4.78, 5) is 31.4. The zero-order valence-corrected chi connectivity index (χ0v) is 20.5. The van der Waals surface area contributed by atoms with Crippen molar-refractivity contribution in [3.63, 3.8) is 0 Å². The molecule has 7 heteroatoms. The molecule has 3 aromatic carbocycles. The maximum Gasteiger partial charge on any atom is 0.280 e. The molecule has 1 N–H and O–H groups in total. The molecule has 0 aliphatic heterocycles. The Hall–Kier alpha value is -4.36. The second kappa shape index (κ2) is 10.5. The van der Waals surface area contributed by atoms with Gasteiger partial charge in [0.15, 0.2) is 0 Å². The number of nitrogens with zero attached hydrogens (tertiary/aromatic N) is 3. The van der Waals surface area contributed by atoms with Crippen LogP contribution in [0.2, 0.25) is 0 Å². The lowest BCUT2D eigenvalue weighted by molar-refractivity contribution is 0.0948. The van der Waals surface area contributed by atoms with Crippen molar-refractivity contribution in [1.82, 2.24) is 20.1 Å². The number of rotatable bonds is 7. The van der Waals surface area contributed by atoms with E-state index in [2.05, 4.69) is 27.5 Å². The Kier molecular flexibility index (Phi) is 6.82. The highest BCUT2D eigenvalue weighted by atomic mass is 32.1. The van der Waals surface area contributed by atoms with E-state index in [0.717, 1.165) is 28.2 Å². The van der Waals surface area contributed by atoms with Crippen LogP contribution < -0.4 is 10.9 Å². The van der Waals surface area contributed by atoms with Crippen LogP contribution in [0.5, 0.6) is 0 Å². The van der Waals surface area contributed by atoms with E-state index < -0.39 is 11.5 Å². The molecule has 0 saturated heterocycles. The van der Waals surface area contributed by atoms with Crippen molar-refractivity contribution in [2.24, 2.45) is 7.05 Å². The number of carbonyl (C=O) groups is 1. The summed E-state index contributed by atoms with van der Waals surface area (Å²) in [5.74, 6) is -0.452. The highest BCUT2D eigenvalue weighted by molar-refractivity contribution is 7.09. The number of aryl methyl sites for hydroxylation is 1. The summed E-state index contributed by atoms with van der Waals surface area (Å²) < 4.78 is 1.23. The zero-order valence-electron chi connectivity index (χ0n) is 19.7. The second-order valence-corrected chi connectivity index (χ2v) is 9.28. The maximum atomic E-state index is 13.5. The molecule has 0 spiro atoms. The molecule has 0 saturated carbocycles. The molecule has 2 aromatic heterocycles. The third-order valence-electron chi connectivity index (χ3n) is 5.81. The van der Waals surface area contributed by atoms with Crippen molar-refractivity contribution in [2.45, 2.75) is 13.0 Å². The number of nitrogens with one attached hydrogen (secondary N) is 1. The number of aromatic nitrogens is 3. The van der Waals surface area contributed by atoms with Gasteiger partial charge < -0.3 is 5.32 Å². The average Bonchev–Trinajstić information content (AvgIpc) is 3.37. The lowest BCUT2D eigenvalue weighted by Gasteiger charge is -2.15. The van der Waals surface area contributed by atoms with E-state index in [-0.39, 0.29) is 12.1 Å². The number of hydrogen-bond acceptors (Lipinski definition) is 5. The van der Waals surface area contributed by atoms with Crippen molar-refractivity contribution in [1.29, 1.82) is 0 Å². The molecule has 0 unspecified atom stereocenters. The molecule has 6 nitrogen and oxygen atoms in total. The van der Waals surface area contributed by atoms with Crippen LogP contribution in [0.4, 0.5) is 0 Å². The van der Waals surface area contributed by atoms with Crippen molar-refractivity contribution >= 4 is 17.2 Å². The van der Waals surface area contributed by atoms with Gasteiger partial charge in [0.25, 0.3) is 11.5 Å². The first-order chi connectivity index (χ1) is 17.6.